The molecule has 0 amide bonds. The van der Waals surface area contributed by atoms with Crippen LogP contribution in [0.3, 0.4) is 0 Å². The lowest BCUT2D eigenvalue weighted by molar-refractivity contribution is -0.130. The third-order valence-corrected chi connectivity index (χ3v) is 4.34. The van der Waals surface area contributed by atoms with Crippen molar-refractivity contribution in [2.45, 2.75) is 6.92 Å². The minimum atomic E-state index is -1.03. The highest BCUT2D eigenvalue weighted by Crippen LogP contribution is 2.31. The zero-order valence-corrected chi connectivity index (χ0v) is 16.5. The maximum atomic E-state index is 11.8. The second-order valence-electron chi connectivity index (χ2n) is 6.42. The second-order valence-corrected chi connectivity index (χ2v) is 6.42. The van der Waals surface area contributed by atoms with Gasteiger partial charge in [-0.3, -0.25) is 0 Å². The van der Waals surface area contributed by atoms with Crippen LogP contribution < -0.4 is 14.2 Å². The van der Waals surface area contributed by atoms with E-state index in [1.807, 2.05) is 55.5 Å². The van der Waals surface area contributed by atoms with Gasteiger partial charge < -0.3 is 19.3 Å². The van der Waals surface area contributed by atoms with Gasteiger partial charge in [0, 0.05) is 0 Å². The number of hydrogen-bond donors (Lipinski definition) is 1. The highest BCUT2D eigenvalue weighted by atomic mass is 16.5. The van der Waals surface area contributed by atoms with Crippen LogP contribution in [0.1, 0.15) is 16.7 Å². The van der Waals surface area contributed by atoms with Crippen LogP contribution in [-0.2, 0) is 4.79 Å². The molecule has 0 heterocycles. The third kappa shape index (κ3) is 4.96. The average Bonchev–Trinajstić information content (AvgIpc) is 2.72. The predicted octanol–water partition coefficient (Wildman–Crippen LogP) is 5.43. The first-order chi connectivity index (χ1) is 14.0. The monoisotopic (exact) mass is 390 g/mol. The zero-order chi connectivity index (χ0) is 20.8. The normalized spacial score (nSPS) is 11.1. The summed E-state index contributed by atoms with van der Waals surface area (Å²) in [6, 6.07) is 20.0. The van der Waals surface area contributed by atoms with E-state index in [0.29, 0.717) is 22.8 Å². The fraction of sp³-hybridized carbons (Fsp3) is 0.125. The summed E-state index contributed by atoms with van der Waals surface area (Å²) < 4.78 is 16.3. The maximum Gasteiger partial charge on any atom is 0.336 e. The van der Waals surface area contributed by atoms with Crippen molar-refractivity contribution in [3.63, 3.8) is 0 Å². The minimum absolute atomic E-state index is 0.151. The van der Waals surface area contributed by atoms with Crippen molar-refractivity contribution in [1.82, 2.24) is 0 Å². The molecule has 0 saturated heterocycles. The SMILES string of the molecule is COc1ccc(/C(=C/c2ccc(Oc3cccc(C)c3)cc2)C(=O)O)cc1OC. The van der Waals surface area contributed by atoms with Crippen LogP contribution in [0.5, 0.6) is 23.0 Å². The van der Waals surface area contributed by atoms with Crippen LogP contribution >= 0.6 is 0 Å². The van der Waals surface area contributed by atoms with Crippen molar-refractivity contribution < 1.29 is 24.1 Å². The summed E-state index contributed by atoms with van der Waals surface area (Å²) in [6.45, 7) is 2.00. The Kier molecular flexibility index (Phi) is 6.19. The van der Waals surface area contributed by atoms with E-state index < -0.39 is 5.97 Å². The number of aliphatic carboxylic acids is 1. The molecular weight excluding hydrogens is 368 g/mol. The molecule has 0 bridgehead atoms. The standard InChI is InChI=1S/C24H22O5/c1-16-5-4-6-20(13-16)29-19-10-7-17(8-11-19)14-21(24(25)26)18-9-12-22(27-2)23(15-18)28-3/h4-15H,1-3H3,(H,25,26)/b21-14-. The summed E-state index contributed by atoms with van der Waals surface area (Å²) in [5.41, 5.74) is 2.53. The highest BCUT2D eigenvalue weighted by molar-refractivity contribution is 6.20. The smallest absolute Gasteiger partial charge is 0.336 e. The lowest BCUT2D eigenvalue weighted by atomic mass is 10.0. The Morgan fingerprint density at radius 1 is 0.862 bits per heavy atom. The van der Waals surface area contributed by atoms with E-state index in [9.17, 15) is 9.90 Å². The third-order valence-electron chi connectivity index (χ3n) is 4.34. The van der Waals surface area contributed by atoms with Gasteiger partial charge in [0.1, 0.15) is 11.5 Å². The van der Waals surface area contributed by atoms with Gasteiger partial charge in [0.25, 0.3) is 0 Å². The molecule has 3 rings (SSSR count). The number of carboxylic acids is 1. The lowest BCUT2D eigenvalue weighted by Crippen LogP contribution is -2.01. The molecule has 0 aliphatic rings. The summed E-state index contributed by atoms with van der Waals surface area (Å²) in [5, 5.41) is 9.69. The zero-order valence-electron chi connectivity index (χ0n) is 16.5. The minimum Gasteiger partial charge on any atom is -0.493 e. The van der Waals surface area contributed by atoms with Gasteiger partial charge in [-0.15, -0.1) is 0 Å². The summed E-state index contributed by atoms with van der Waals surface area (Å²) in [5.74, 6) is 1.41. The first-order valence-corrected chi connectivity index (χ1v) is 9.02. The molecule has 1 N–H and O–H groups in total. The second kappa shape index (κ2) is 8.97. The van der Waals surface area contributed by atoms with Crippen molar-refractivity contribution in [2.75, 3.05) is 14.2 Å². The van der Waals surface area contributed by atoms with Gasteiger partial charge in [-0.05, 0) is 66.1 Å². The lowest BCUT2D eigenvalue weighted by Gasteiger charge is -2.10. The van der Waals surface area contributed by atoms with Gasteiger partial charge in [0.15, 0.2) is 11.5 Å². The Balaban J connectivity index is 1.87. The number of aryl methyl sites for hydroxylation is 1. The topological polar surface area (TPSA) is 65.0 Å². The van der Waals surface area contributed by atoms with E-state index in [-0.39, 0.29) is 5.57 Å². The van der Waals surface area contributed by atoms with Gasteiger partial charge >= 0.3 is 5.97 Å². The molecule has 3 aromatic carbocycles. The molecule has 29 heavy (non-hydrogen) atoms. The number of benzene rings is 3. The Morgan fingerprint density at radius 2 is 1.59 bits per heavy atom. The highest BCUT2D eigenvalue weighted by Gasteiger charge is 2.14. The van der Waals surface area contributed by atoms with Gasteiger partial charge in [0.05, 0.1) is 19.8 Å². The van der Waals surface area contributed by atoms with Crippen molar-refractivity contribution in [1.29, 1.82) is 0 Å². The Labute approximate surface area is 169 Å². The molecule has 0 atom stereocenters. The number of methoxy groups -OCH3 is 2. The molecule has 5 heteroatoms. The van der Waals surface area contributed by atoms with Crippen LogP contribution in [0.25, 0.3) is 11.6 Å². The predicted molar refractivity (Wildman–Crippen MR) is 113 cm³/mol. The molecule has 0 spiro atoms. The molecule has 0 aromatic heterocycles. The average molecular weight is 390 g/mol. The summed E-state index contributed by atoms with van der Waals surface area (Å²) >= 11 is 0. The van der Waals surface area contributed by atoms with E-state index in [1.165, 1.54) is 14.2 Å². The maximum absolute atomic E-state index is 11.8. The quantitative estimate of drug-likeness (QED) is 0.430. The van der Waals surface area contributed by atoms with E-state index in [1.54, 1.807) is 24.3 Å². The molecule has 0 aliphatic heterocycles. The summed E-state index contributed by atoms with van der Waals surface area (Å²) in [6.07, 6.45) is 1.61. The van der Waals surface area contributed by atoms with Crippen LogP contribution in [0.15, 0.2) is 66.7 Å². The fourth-order valence-corrected chi connectivity index (χ4v) is 2.89. The van der Waals surface area contributed by atoms with E-state index in [2.05, 4.69) is 0 Å². The molecular formula is C24H22O5. The Hall–Kier alpha value is -3.73. The van der Waals surface area contributed by atoms with E-state index >= 15 is 0 Å². The first-order valence-electron chi connectivity index (χ1n) is 9.02. The van der Waals surface area contributed by atoms with Crippen molar-refractivity contribution >= 4 is 17.6 Å². The van der Waals surface area contributed by atoms with Gasteiger partial charge in [-0.1, -0.05) is 30.3 Å². The van der Waals surface area contributed by atoms with Crippen molar-refractivity contribution in [2.24, 2.45) is 0 Å². The number of ether oxygens (including phenoxy) is 3. The van der Waals surface area contributed by atoms with E-state index in [4.69, 9.17) is 14.2 Å². The fourth-order valence-electron chi connectivity index (χ4n) is 2.89. The first kappa shape index (κ1) is 20.0. The van der Waals surface area contributed by atoms with Crippen molar-refractivity contribution in [3.8, 4) is 23.0 Å². The largest absolute Gasteiger partial charge is 0.493 e. The molecule has 0 radical (unpaired) electrons. The number of carboxylic acid groups (broad SMARTS) is 1. The van der Waals surface area contributed by atoms with Crippen LogP contribution in [-0.4, -0.2) is 25.3 Å². The Morgan fingerprint density at radius 3 is 2.21 bits per heavy atom. The van der Waals surface area contributed by atoms with E-state index in [0.717, 1.165) is 16.9 Å². The molecule has 3 aromatic rings. The van der Waals surface area contributed by atoms with Crippen LogP contribution in [0.2, 0.25) is 0 Å². The molecule has 0 unspecified atom stereocenters. The molecule has 5 nitrogen and oxygen atoms in total. The number of rotatable bonds is 7. The number of carbonyl (C=O) groups is 1. The number of hydrogen-bond acceptors (Lipinski definition) is 4. The van der Waals surface area contributed by atoms with Gasteiger partial charge in [0.2, 0.25) is 0 Å². The van der Waals surface area contributed by atoms with Crippen LogP contribution in [0.4, 0.5) is 0 Å². The summed E-state index contributed by atoms with van der Waals surface area (Å²) in [4.78, 5) is 11.8. The molecule has 0 saturated carbocycles. The van der Waals surface area contributed by atoms with Gasteiger partial charge in [-0.25, -0.2) is 4.79 Å². The molecule has 0 fully saturated rings. The van der Waals surface area contributed by atoms with Crippen molar-refractivity contribution in [3.05, 3.63) is 83.4 Å². The molecule has 148 valence electrons. The molecule has 0 aliphatic carbocycles. The van der Waals surface area contributed by atoms with Crippen LogP contribution in [0, 0.1) is 6.92 Å². The van der Waals surface area contributed by atoms with Gasteiger partial charge in [-0.2, -0.15) is 0 Å². The summed E-state index contributed by atoms with van der Waals surface area (Å²) in [7, 11) is 3.05. The Bertz CT molecular complexity index is 1040.